The summed E-state index contributed by atoms with van der Waals surface area (Å²) in [7, 11) is 4.15. The van der Waals surface area contributed by atoms with Crippen LogP contribution in [0.5, 0.6) is 0 Å². The molecular weight excluding hydrogens is 252 g/mol. The number of hydrogen-bond donors (Lipinski definition) is 2. The summed E-state index contributed by atoms with van der Waals surface area (Å²) in [5.74, 6) is 0.936. The second kappa shape index (κ2) is 6.22. The van der Waals surface area contributed by atoms with Crippen molar-refractivity contribution < 1.29 is 9.32 Å². The van der Waals surface area contributed by atoms with E-state index < -0.39 is 0 Å². The number of benzene rings is 1. The van der Waals surface area contributed by atoms with Gasteiger partial charge in [-0.15, -0.1) is 0 Å². The van der Waals surface area contributed by atoms with Gasteiger partial charge in [0.2, 0.25) is 17.5 Å². The Morgan fingerprint density at radius 3 is 2.75 bits per heavy atom. The highest BCUT2D eigenvalue weighted by Gasteiger charge is 2.15. The Morgan fingerprint density at radius 2 is 2.10 bits per heavy atom. The molecule has 2 rings (SSSR count). The molecule has 0 fully saturated rings. The lowest BCUT2D eigenvalue weighted by Gasteiger charge is -2.07. The highest BCUT2D eigenvalue weighted by molar-refractivity contribution is 5.62. The lowest BCUT2D eigenvalue weighted by molar-refractivity contribution is -0.856. The summed E-state index contributed by atoms with van der Waals surface area (Å²) < 4.78 is 5.70. The van der Waals surface area contributed by atoms with E-state index in [-0.39, 0.29) is 0 Å². The first-order valence-corrected chi connectivity index (χ1v) is 6.61. The van der Waals surface area contributed by atoms with Crippen LogP contribution in [0, 0.1) is 18.3 Å². The summed E-state index contributed by atoms with van der Waals surface area (Å²) in [6.07, 6.45) is 0. The molecule has 0 unspecified atom stereocenters. The highest BCUT2D eigenvalue weighted by Crippen LogP contribution is 2.27. The summed E-state index contributed by atoms with van der Waals surface area (Å²) in [5.41, 5.74) is 2.29. The molecule has 0 atom stereocenters. The predicted molar refractivity (Wildman–Crippen MR) is 77.6 cm³/mol. The Labute approximate surface area is 118 Å². The minimum Gasteiger partial charge on any atom is -0.419 e. The normalized spacial score (nSPS) is 10.6. The van der Waals surface area contributed by atoms with Crippen molar-refractivity contribution >= 4 is 5.88 Å². The SMILES string of the molecule is Cc1ccccc1-c1nc(C#N)c(NCC[NH+](C)C)o1. The van der Waals surface area contributed by atoms with Gasteiger partial charge in [0.15, 0.2) is 0 Å². The number of rotatable bonds is 5. The number of oxazole rings is 1. The predicted octanol–water partition coefficient (Wildman–Crippen LogP) is 1.08. The van der Waals surface area contributed by atoms with Crippen LogP contribution in [0.2, 0.25) is 0 Å². The Balaban J connectivity index is 2.23. The van der Waals surface area contributed by atoms with Crippen LogP contribution in [0.1, 0.15) is 11.3 Å². The van der Waals surface area contributed by atoms with Gasteiger partial charge in [-0.2, -0.15) is 10.2 Å². The van der Waals surface area contributed by atoms with E-state index in [1.165, 1.54) is 4.90 Å². The average molecular weight is 271 g/mol. The van der Waals surface area contributed by atoms with Gasteiger partial charge in [0.05, 0.1) is 27.2 Å². The van der Waals surface area contributed by atoms with Gasteiger partial charge in [-0.25, -0.2) is 0 Å². The lowest BCUT2D eigenvalue weighted by Crippen LogP contribution is -3.06. The molecule has 2 N–H and O–H groups in total. The third-order valence-corrected chi connectivity index (χ3v) is 3.02. The van der Waals surface area contributed by atoms with Crippen molar-refractivity contribution in [1.29, 1.82) is 5.26 Å². The molecule has 0 aliphatic rings. The maximum Gasteiger partial charge on any atom is 0.232 e. The van der Waals surface area contributed by atoms with Gasteiger partial charge in [-0.05, 0) is 18.6 Å². The molecule has 2 aromatic rings. The fourth-order valence-electron chi connectivity index (χ4n) is 1.87. The van der Waals surface area contributed by atoms with E-state index >= 15 is 0 Å². The van der Waals surface area contributed by atoms with Crippen LogP contribution in [0.4, 0.5) is 5.88 Å². The average Bonchev–Trinajstić information content (AvgIpc) is 2.82. The summed E-state index contributed by atoms with van der Waals surface area (Å²) in [5, 5.41) is 12.3. The van der Waals surface area contributed by atoms with Crippen LogP contribution in [-0.2, 0) is 0 Å². The molecule has 5 heteroatoms. The molecule has 20 heavy (non-hydrogen) atoms. The quantitative estimate of drug-likeness (QED) is 0.854. The number of aromatic nitrogens is 1. The van der Waals surface area contributed by atoms with Gasteiger partial charge in [-0.1, -0.05) is 18.2 Å². The van der Waals surface area contributed by atoms with E-state index in [0.29, 0.717) is 17.5 Å². The van der Waals surface area contributed by atoms with E-state index in [9.17, 15) is 0 Å². The van der Waals surface area contributed by atoms with E-state index in [1.54, 1.807) is 0 Å². The molecule has 5 nitrogen and oxygen atoms in total. The number of anilines is 1. The topological polar surface area (TPSA) is 66.3 Å². The zero-order valence-electron chi connectivity index (χ0n) is 12.0. The minimum atomic E-state index is 0.303. The zero-order valence-corrected chi connectivity index (χ0v) is 12.0. The van der Waals surface area contributed by atoms with Crippen molar-refractivity contribution in [2.75, 3.05) is 32.5 Å². The molecule has 0 saturated heterocycles. The molecule has 1 heterocycles. The lowest BCUT2D eigenvalue weighted by atomic mass is 10.1. The van der Waals surface area contributed by atoms with Gasteiger partial charge in [0.25, 0.3) is 0 Å². The van der Waals surface area contributed by atoms with E-state index in [0.717, 1.165) is 24.2 Å². The van der Waals surface area contributed by atoms with Crippen molar-refractivity contribution in [2.45, 2.75) is 6.92 Å². The first-order valence-electron chi connectivity index (χ1n) is 6.61. The van der Waals surface area contributed by atoms with Crippen molar-refractivity contribution in [1.82, 2.24) is 4.98 Å². The molecule has 104 valence electrons. The van der Waals surface area contributed by atoms with Gasteiger partial charge in [-0.3, -0.25) is 0 Å². The summed E-state index contributed by atoms with van der Waals surface area (Å²) in [4.78, 5) is 5.59. The van der Waals surface area contributed by atoms with Crippen LogP contribution in [0.15, 0.2) is 28.7 Å². The van der Waals surface area contributed by atoms with Crippen LogP contribution >= 0.6 is 0 Å². The van der Waals surface area contributed by atoms with Crippen molar-refractivity contribution in [3.63, 3.8) is 0 Å². The maximum absolute atomic E-state index is 9.14. The van der Waals surface area contributed by atoms with Crippen LogP contribution in [0.3, 0.4) is 0 Å². The number of aryl methyl sites for hydroxylation is 1. The number of quaternary nitrogens is 1. The van der Waals surface area contributed by atoms with Crippen molar-refractivity contribution in [3.05, 3.63) is 35.5 Å². The Kier molecular flexibility index (Phi) is 4.38. The van der Waals surface area contributed by atoms with Crippen LogP contribution in [0.25, 0.3) is 11.5 Å². The van der Waals surface area contributed by atoms with E-state index in [4.69, 9.17) is 9.68 Å². The van der Waals surface area contributed by atoms with Crippen molar-refractivity contribution in [2.24, 2.45) is 0 Å². The van der Waals surface area contributed by atoms with Crippen LogP contribution < -0.4 is 10.2 Å². The fraction of sp³-hybridized carbons (Fsp3) is 0.333. The number of hydrogen-bond acceptors (Lipinski definition) is 4. The second-order valence-corrected chi connectivity index (χ2v) is 5.01. The zero-order chi connectivity index (χ0) is 14.5. The Hall–Kier alpha value is -2.32. The Bertz CT molecular complexity index is 625. The molecule has 0 radical (unpaired) electrons. The first kappa shape index (κ1) is 14.1. The Morgan fingerprint density at radius 1 is 1.35 bits per heavy atom. The maximum atomic E-state index is 9.14. The summed E-state index contributed by atoms with van der Waals surface area (Å²) in [6.45, 7) is 3.67. The van der Waals surface area contributed by atoms with Gasteiger partial charge in [0, 0.05) is 5.56 Å². The molecular formula is C15H19N4O+. The minimum absolute atomic E-state index is 0.303. The van der Waals surface area contributed by atoms with Gasteiger partial charge < -0.3 is 14.6 Å². The molecule has 0 saturated carbocycles. The fourth-order valence-corrected chi connectivity index (χ4v) is 1.87. The first-order chi connectivity index (χ1) is 9.61. The third-order valence-electron chi connectivity index (χ3n) is 3.02. The monoisotopic (exact) mass is 271 g/mol. The van der Waals surface area contributed by atoms with Crippen LogP contribution in [-0.4, -0.2) is 32.2 Å². The standard InChI is InChI=1S/C15H18N4O/c1-11-6-4-5-7-12(11)14-18-13(10-16)15(20-14)17-8-9-19(2)3/h4-7,17H,8-9H2,1-3H3/p+1. The largest absolute Gasteiger partial charge is 0.419 e. The third kappa shape index (κ3) is 3.16. The summed E-state index contributed by atoms with van der Waals surface area (Å²) >= 11 is 0. The number of nitrogens with one attached hydrogen (secondary N) is 2. The number of likely N-dealkylation sites (N-methyl/N-ethyl adjacent to an activating group) is 1. The molecule has 0 aliphatic carbocycles. The van der Waals surface area contributed by atoms with Crippen molar-refractivity contribution in [3.8, 4) is 17.5 Å². The van der Waals surface area contributed by atoms with E-state index in [1.807, 2.05) is 31.2 Å². The molecule has 0 aliphatic heterocycles. The van der Waals surface area contributed by atoms with E-state index in [2.05, 4.69) is 30.5 Å². The molecule has 0 amide bonds. The second-order valence-electron chi connectivity index (χ2n) is 5.01. The smallest absolute Gasteiger partial charge is 0.232 e. The highest BCUT2D eigenvalue weighted by atomic mass is 16.4. The summed E-state index contributed by atoms with van der Waals surface area (Å²) in [6, 6.07) is 9.90. The molecule has 1 aromatic heterocycles. The molecule has 0 bridgehead atoms. The van der Waals surface area contributed by atoms with Gasteiger partial charge >= 0.3 is 0 Å². The molecule has 1 aromatic carbocycles. The molecule has 0 spiro atoms. The number of nitriles is 1. The number of nitrogens with zero attached hydrogens (tertiary/aromatic N) is 2. The van der Waals surface area contributed by atoms with Gasteiger partial charge in [0.1, 0.15) is 6.07 Å².